The lowest BCUT2D eigenvalue weighted by Crippen LogP contribution is -2.31. The minimum absolute atomic E-state index is 0.182. The molecule has 1 aromatic rings. The van der Waals surface area contributed by atoms with Gasteiger partial charge in [-0.15, -0.1) is 0 Å². The van der Waals surface area contributed by atoms with Gasteiger partial charge in [0.2, 0.25) is 10.0 Å². The monoisotopic (exact) mass is 309 g/mol. The number of hydrogen-bond acceptors (Lipinski definition) is 4. The Labute approximate surface area is 114 Å². The maximum absolute atomic E-state index is 13.4. The molecule has 0 bridgehead atoms. The molecule has 20 heavy (non-hydrogen) atoms. The molecule has 0 amide bonds. The van der Waals surface area contributed by atoms with Crippen molar-refractivity contribution in [3.8, 4) is 0 Å². The molecule has 0 heterocycles. The van der Waals surface area contributed by atoms with Gasteiger partial charge in [0.05, 0.1) is 6.61 Å². The van der Waals surface area contributed by atoms with Crippen molar-refractivity contribution in [2.24, 2.45) is 0 Å². The second kappa shape index (κ2) is 6.73. The Morgan fingerprint density at radius 1 is 1.40 bits per heavy atom. The van der Waals surface area contributed by atoms with E-state index in [-0.39, 0.29) is 13.2 Å². The Morgan fingerprint density at radius 3 is 2.65 bits per heavy atom. The van der Waals surface area contributed by atoms with Crippen LogP contribution in [0.4, 0.5) is 8.78 Å². The number of aliphatic carboxylic acids is 1. The third kappa shape index (κ3) is 4.22. The van der Waals surface area contributed by atoms with Crippen LogP contribution in [-0.4, -0.2) is 50.6 Å². The van der Waals surface area contributed by atoms with Gasteiger partial charge < -0.3 is 9.84 Å². The minimum Gasteiger partial charge on any atom is -0.480 e. The lowest BCUT2D eigenvalue weighted by molar-refractivity contribution is -0.142. The number of carboxylic acid groups (broad SMARTS) is 1. The predicted molar refractivity (Wildman–Crippen MR) is 64.6 cm³/mol. The topological polar surface area (TPSA) is 83.9 Å². The molecule has 9 heteroatoms. The number of hydrogen-bond donors (Lipinski definition) is 1. The van der Waals surface area contributed by atoms with Crippen molar-refractivity contribution < 1.29 is 31.8 Å². The fraction of sp³-hybridized carbons (Fsp3) is 0.364. The summed E-state index contributed by atoms with van der Waals surface area (Å²) in [6.07, 6.45) is 0. The zero-order valence-electron chi connectivity index (χ0n) is 10.5. The molecule has 0 aliphatic rings. The van der Waals surface area contributed by atoms with Gasteiger partial charge in [-0.25, -0.2) is 22.0 Å². The van der Waals surface area contributed by atoms with Gasteiger partial charge in [-0.1, -0.05) is 0 Å². The number of carboxylic acids is 1. The quantitative estimate of drug-likeness (QED) is 0.749. The van der Waals surface area contributed by atoms with Crippen molar-refractivity contribution in [2.45, 2.75) is 4.90 Å². The Bertz CT molecular complexity index is 590. The second-order valence-electron chi connectivity index (χ2n) is 3.85. The van der Waals surface area contributed by atoms with Crippen LogP contribution in [0.5, 0.6) is 0 Å². The van der Waals surface area contributed by atoms with E-state index in [9.17, 15) is 22.0 Å². The first kappa shape index (κ1) is 16.5. The lowest BCUT2D eigenvalue weighted by Gasteiger charge is -2.17. The number of rotatable bonds is 7. The van der Waals surface area contributed by atoms with Crippen LogP contribution in [0.15, 0.2) is 23.1 Å². The molecule has 0 aliphatic carbocycles. The number of nitrogens with zero attached hydrogens (tertiary/aromatic N) is 1. The summed E-state index contributed by atoms with van der Waals surface area (Å²) in [4.78, 5) is 9.42. The molecule has 0 aliphatic heterocycles. The van der Waals surface area contributed by atoms with Gasteiger partial charge in [0.1, 0.15) is 23.1 Å². The highest BCUT2D eigenvalue weighted by atomic mass is 32.2. The molecule has 112 valence electrons. The molecule has 0 unspecified atom stereocenters. The van der Waals surface area contributed by atoms with Crippen molar-refractivity contribution in [1.82, 2.24) is 4.31 Å². The fourth-order valence-corrected chi connectivity index (χ4v) is 2.54. The van der Waals surface area contributed by atoms with Gasteiger partial charge in [0, 0.05) is 13.6 Å². The molecule has 0 fully saturated rings. The molecule has 0 atom stereocenters. The van der Waals surface area contributed by atoms with Crippen LogP contribution < -0.4 is 0 Å². The molecule has 0 saturated heterocycles. The maximum atomic E-state index is 13.4. The standard InChI is InChI=1S/C11H13F2NO5S/c1-14(4-5-19-7-11(15)16)20(17,18)10-6-8(12)2-3-9(10)13/h2-3,6H,4-5,7H2,1H3,(H,15,16). The Balaban J connectivity index is 2.77. The van der Waals surface area contributed by atoms with Crippen molar-refractivity contribution >= 4 is 16.0 Å². The summed E-state index contributed by atoms with van der Waals surface area (Å²) in [6.45, 7) is -0.938. The van der Waals surface area contributed by atoms with E-state index in [1.165, 1.54) is 0 Å². The molecule has 1 rings (SSSR count). The SMILES string of the molecule is CN(CCOCC(=O)O)S(=O)(=O)c1cc(F)ccc1F. The number of carbonyl (C=O) groups is 1. The van der Waals surface area contributed by atoms with E-state index >= 15 is 0 Å². The summed E-state index contributed by atoms with van der Waals surface area (Å²) in [6, 6.07) is 2.11. The van der Waals surface area contributed by atoms with E-state index in [2.05, 4.69) is 4.74 Å². The molecular weight excluding hydrogens is 296 g/mol. The zero-order valence-corrected chi connectivity index (χ0v) is 11.4. The Morgan fingerprint density at radius 2 is 2.05 bits per heavy atom. The highest BCUT2D eigenvalue weighted by molar-refractivity contribution is 7.89. The van der Waals surface area contributed by atoms with E-state index in [4.69, 9.17) is 5.11 Å². The first-order valence-corrected chi connectivity index (χ1v) is 6.90. The number of halogens is 2. The maximum Gasteiger partial charge on any atom is 0.329 e. The number of benzene rings is 1. The minimum atomic E-state index is -4.20. The molecule has 0 aromatic heterocycles. The van der Waals surface area contributed by atoms with E-state index in [1.807, 2.05) is 0 Å². The average molecular weight is 309 g/mol. The van der Waals surface area contributed by atoms with Gasteiger partial charge in [-0.2, -0.15) is 4.31 Å². The second-order valence-corrected chi connectivity index (χ2v) is 5.86. The van der Waals surface area contributed by atoms with Crippen LogP contribution >= 0.6 is 0 Å². The van der Waals surface area contributed by atoms with E-state index in [0.717, 1.165) is 23.5 Å². The summed E-state index contributed by atoms with van der Waals surface area (Å²) in [5.74, 6) is -3.13. The van der Waals surface area contributed by atoms with Crippen molar-refractivity contribution in [1.29, 1.82) is 0 Å². The first-order valence-electron chi connectivity index (χ1n) is 5.46. The van der Waals surface area contributed by atoms with Gasteiger partial charge >= 0.3 is 5.97 Å². The van der Waals surface area contributed by atoms with Crippen LogP contribution in [0.1, 0.15) is 0 Å². The molecule has 0 saturated carbocycles. The van der Waals surface area contributed by atoms with E-state index < -0.39 is 39.1 Å². The third-order valence-corrected chi connectivity index (χ3v) is 4.23. The summed E-state index contributed by atoms with van der Waals surface area (Å²) in [5, 5.41) is 8.34. The van der Waals surface area contributed by atoms with Crippen LogP contribution in [0, 0.1) is 11.6 Å². The number of likely N-dealkylation sites (N-methyl/N-ethyl adjacent to an activating group) is 1. The summed E-state index contributed by atoms with van der Waals surface area (Å²) in [5.41, 5.74) is 0. The summed E-state index contributed by atoms with van der Waals surface area (Å²) in [7, 11) is -3.05. The van der Waals surface area contributed by atoms with Crippen LogP contribution in [0.2, 0.25) is 0 Å². The van der Waals surface area contributed by atoms with Gasteiger partial charge in [0.15, 0.2) is 0 Å². The summed E-state index contributed by atoms with van der Waals surface area (Å²) < 4.78 is 55.8. The Hall–Kier alpha value is -1.58. The molecule has 0 radical (unpaired) electrons. The molecule has 1 aromatic carbocycles. The number of sulfonamides is 1. The van der Waals surface area contributed by atoms with Crippen molar-refractivity contribution in [3.05, 3.63) is 29.8 Å². The molecule has 6 nitrogen and oxygen atoms in total. The molecular formula is C11H13F2NO5S. The van der Waals surface area contributed by atoms with Crippen LogP contribution in [0.25, 0.3) is 0 Å². The highest BCUT2D eigenvalue weighted by Gasteiger charge is 2.24. The molecule has 0 spiro atoms. The molecule has 1 N–H and O–H groups in total. The normalized spacial score (nSPS) is 11.8. The summed E-state index contributed by atoms with van der Waals surface area (Å²) >= 11 is 0. The van der Waals surface area contributed by atoms with Crippen LogP contribution in [0.3, 0.4) is 0 Å². The third-order valence-electron chi connectivity index (χ3n) is 2.36. The van der Waals surface area contributed by atoms with Gasteiger partial charge in [-0.05, 0) is 18.2 Å². The first-order chi connectivity index (χ1) is 9.25. The predicted octanol–water partition coefficient (Wildman–Crippen LogP) is 0.686. The smallest absolute Gasteiger partial charge is 0.329 e. The lowest BCUT2D eigenvalue weighted by atomic mass is 10.3. The van der Waals surface area contributed by atoms with Gasteiger partial charge in [-0.3, -0.25) is 0 Å². The van der Waals surface area contributed by atoms with E-state index in [0.29, 0.717) is 6.07 Å². The van der Waals surface area contributed by atoms with Crippen molar-refractivity contribution in [3.63, 3.8) is 0 Å². The van der Waals surface area contributed by atoms with E-state index in [1.54, 1.807) is 0 Å². The average Bonchev–Trinajstić information content (AvgIpc) is 2.36. The fourth-order valence-electron chi connectivity index (χ4n) is 1.32. The Kier molecular flexibility index (Phi) is 5.54. The van der Waals surface area contributed by atoms with Crippen molar-refractivity contribution in [2.75, 3.05) is 26.8 Å². The number of ether oxygens (including phenoxy) is 1. The zero-order chi connectivity index (χ0) is 15.3. The van der Waals surface area contributed by atoms with Gasteiger partial charge in [0.25, 0.3) is 0 Å². The largest absolute Gasteiger partial charge is 0.480 e. The highest BCUT2D eigenvalue weighted by Crippen LogP contribution is 2.19. The van der Waals surface area contributed by atoms with Crippen LogP contribution in [-0.2, 0) is 19.6 Å².